The standard InChI is InChI=1S/C17H22N4O2/c1-12(16(23)19-17(11-18)9-3-2-4-10-17)21-15(22)8-7-14(20-21)13-5-6-13/h7-8,12-13H,2-6,9-10H2,1H3,(H,19,23). The third-order valence-electron chi connectivity index (χ3n) is 4.87. The molecule has 1 N–H and O–H groups in total. The summed E-state index contributed by atoms with van der Waals surface area (Å²) in [6, 6.07) is 4.78. The van der Waals surface area contributed by atoms with Crippen molar-refractivity contribution in [3.05, 3.63) is 28.2 Å². The molecule has 1 amide bonds. The number of carbonyl (C=O) groups is 1. The molecule has 122 valence electrons. The predicted molar refractivity (Wildman–Crippen MR) is 84.8 cm³/mol. The Hall–Kier alpha value is -2.16. The van der Waals surface area contributed by atoms with Gasteiger partial charge in [-0.15, -0.1) is 0 Å². The van der Waals surface area contributed by atoms with Crippen molar-refractivity contribution >= 4 is 5.91 Å². The number of hydrogen-bond acceptors (Lipinski definition) is 4. The Labute approximate surface area is 135 Å². The van der Waals surface area contributed by atoms with Gasteiger partial charge in [0.25, 0.3) is 5.56 Å². The van der Waals surface area contributed by atoms with Crippen molar-refractivity contribution in [3.8, 4) is 6.07 Å². The molecule has 1 unspecified atom stereocenters. The third-order valence-corrected chi connectivity index (χ3v) is 4.87. The maximum absolute atomic E-state index is 12.6. The first-order chi connectivity index (χ1) is 11.0. The van der Waals surface area contributed by atoms with Crippen molar-refractivity contribution in [1.29, 1.82) is 5.26 Å². The van der Waals surface area contributed by atoms with E-state index in [1.54, 1.807) is 13.0 Å². The van der Waals surface area contributed by atoms with Gasteiger partial charge in [0.15, 0.2) is 0 Å². The maximum atomic E-state index is 12.6. The van der Waals surface area contributed by atoms with Crippen molar-refractivity contribution < 1.29 is 4.79 Å². The molecule has 0 aliphatic heterocycles. The molecule has 0 bridgehead atoms. The molecule has 2 aliphatic carbocycles. The molecule has 2 aliphatic rings. The lowest BCUT2D eigenvalue weighted by molar-refractivity contribution is -0.126. The van der Waals surface area contributed by atoms with Gasteiger partial charge in [-0.05, 0) is 38.7 Å². The fourth-order valence-electron chi connectivity index (χ4n) is 3.19. The summed E-state index contributed by atoms with van der Waals surface area (Å²) in [6.45, 7) is 1.66. The van der Waals surface area contributed by atoms with Gasteiger partial charge in [0, 0.05) is 12.0 Å². The molecule has 3 rings (SSSR count). The van der Waals surface area contributed by atoms with E-state index in [1.807, 2.05) is 0 Å². The highest BCUT2D eigenvalue weighted by Crippen LogP contribution is 2.38. The van der Waals surface area contributed by atoms with Crippen LogP contribution in [0.15, 0.2) is 16.9 Å². The Bertz CT molecular complexity index is 693. The normalized spacial score (nSPS) is 21.2. The fraction of sp³-hybridized carbons (Fsp3) is 0.647. The van der Waals surface area contributed by atoms with Gasteiger partial charge < -0.3 is 5.32 Å². The van der Waals surface area contributed by atoms with Crippen LogP contribution >= 0.6 is 0 Å². The minimum absolute atomic E-state index is 0.285. The number of carbonyl (C=O) groups excluding carboxylic acids is 1. The topological polar surface area (TPSA) is 87.8 Å². The molecule has 0 radical (unpaired) electrons. The van der Waals surface area contributed by atoms with E-state index in [2.05, 4.69) is 16.5 Å². The number of nitriles is 1. The van der Waals surface area contributed by atoms with E-state index >= 15 is 0 Å². The molecular weight excluding hydrogens is 292 g/mol. The van der Waals surface area contributed by atoms with Crippen molar-refractivity contribution in [2.75, 3.05) is 0 Å². The Kier molecular flexibility index (Phi) is 4.20. The summed E-state index contributed by atoms with van der Waals surface area (Å²) < 4.78 is 1.25. The Morgan fingerprint density at radius 1 is 1.39 bits per heavy atom. The average molecular weight is 314 g/mol. The van der Waals surface area contributed by atoms with Crippen LogP contribution in [-0.2, 0) is 4.79 Å². The van der Waals surface area contributed by atoms with E-state index in [9.17, 15) is 14.9 Å². The van der Waals surface area contributed by atoms with Crippen LogP contribution in [0.5, 0.6) is 0 Å². The third kappa shape index (κ3) is 3.29. The van der Waals surface area contributed by atoms with Crippen molar-refractivity contribution in [1.82, 2.24) is 15.1 Å². The van der Waals surface area contributed by atoms with E-state index in [-0.39, 0.29) is 11.5 Å². The Morgan fingerprint density at radius 3 is 2.70 bits per heavy atom. The molecule has 2 fully saturated rings. The highest BCUT2D eigenvalue weighted by molar-refractivity contribution is 5.81. The zero-order chi connectivity index (χ0) is 16.4. The first-order valence-electron chi connectivity index (χ1n) is 8.38. The number of rotatable bonds is 4. The van der Waals surface area contributed by atoms with Crippen LogP contribution < -0.4 is 10.9 Å². The van der Waals surface area contributed by atoms with Crippen LogP contribution in [0.3, 0.4) is 0 Å². The first-order valence-corrected chi connectivity index (χ1v) is 8.38. The van der Waals surface area contributed by atoms with Crippen LogP contribution in [-0.4, -0.2) is 21.2 Å². The smallest absolute Gasteiger partial charge is 0.267 e. The van der Waals surface area contributed by atoms with Crippen LogP contribution in [0.2, 0.25) is 0 Å². The van der Waals surface area contributed by atoms with Crippen molar-refractivity contribution in [2.45, 2.75) is 69.4 Å². The van der Waals surface area contributed by atoms with E-state index < -0.39 is 11.6 Å². The second-order valence-electron chi connectivity index (χ2n) is 6.74. The SMILES string of the molecule is CC(C(=O)NC1(C#N)CCCCC1)n1nc(C2CC2)ccc1=O. The molecule has 1 aromatic heterocycles. The number of amides is 1. The van der Waals surface area contributed by atoms with E-state index in [0.29, 0.717) is 18.8 Å². The molecule has 1 heterocycles. The minimum Gasteiger partial charge on any atom is -0.336 e. The average Bonchev–Trinajstić information content (AvgIpc) is 3.40. The molecule has 0 spiro atoms. The lowest BCUT2D eigenvalue weighted by atomic mass is 9.82. The zero-order valence-corrected chi connectivity index (χ0v) is 13.4. The second kappa shape index (κ2) is 6.15. The molecule has 6 heteroatoms. The Balaban J connectivity index is 1.78. The number of aromatic nitrogens is 2. The quantitative estimate of drug-likeness (QED) is 0.921. The summed E-state index contributed by atoms with van der Waals surface area (Å²) in [5.41, 5.74) is -0.204. The molecule has 0 aromatic carbocycles. The van der Waals surface area contributed by atoms with Crippen molar-refractivity contribution in [3.63, 3.8) is 0 Å². The minimum atomic E-state index is -0.790. The largest absolute Gasteiger partial charge is 0.336 e. The van der Waals surface area contributed by atoms with Crippen LogP contribution in [0.25, 0.3) is 0 Å². The molecule has 2 saturated carbocycles. The molecule has 1 aromatic rings. The van der Waals surface area contributed by atoms with Crippen LogP contribution in [0, 0.1) is 11.3 Å². The highest BCUT2D eigenvalue weighted by Gasteiger charge is 2.35. The second-order valence-corrected chi connectivity index (χ2v) is 6.74. The van der Waals surface area contributed by atoms with Gasteiger partial charge in [-0.3, -0.25) is 9.59 Å². The van der Waals surface area contributed by atoms with Gasteiger partial charge in [0.05, 0.1) is 11.8 Å². The first kappa shape index (κ1) is 15.7. The lowest BCUT2D eigenvalue weighted by Gasteiger charge is -2.32. The molecular formula is C17H22N4O2. The maximum Gasteiger partial charge on any atom is 0.267 e. The monoisotopic (exact) mass is 314 g/mol. The number of hydrogen-bond donors (Lipinski definition) is 1. The van der Waals surface area contributed by atoms with Gasteiger partial charge in [-0.2, -0.15) is 10.4 Å². The van der Waals surface area contributed by atoms with E-state index in [0.717, 1.165) is 37.8 Å². The number of nitrogens with one attached hydrogen (secondary N) is 1. The summed E-state index contributed by atoms with van der Waals surface area (Å²) >= 11 is 0. The van der Waals surface area contributed by atoms with Crippen molar-refractivity contribution in [2.24, 2.45) is 0 Å². The fourth-order valence-corrected chi connectivity index (χ4v) is 3.19. The summed E-state index contributed by atoms with van der Waals surface area (Å²) in [5.74, 6) is 0.108. The summed E-state index contributed by atoms with van der Waals surface area (Å²) in [7, 11) is 0. The molecule has 1 atom stereocenters. The zero-order valence-electron chi connectivity index (χ0n) is 13.4. The van der Waals surface area contributed by atoms with Gasteiger partial charge in [-0.1, -0.05) is 19.3 Å². The lowest BCUT2D eigenvalue weighted by Crippen LogP contribution is -2.51. The summed E-state index contributed by atoms with van der Waals surface area (Å²) in [5, 5.41) is 16.7. The van der Waals surface area contributed by atoms with Gasteiger partial charge >= 0.3 is 0 Å². The Morgan fingerprint density at radius 2 is 2.09 bits per heavy atom. The van der Waals surface area contributed by atoms with E-state index in [4.69, 9.17) is 0 Å². The predicted octanol–water partition coefficient (Wildman–Crippen LogP) is 2.02. The molecule has 0 saturated heterocycles. The van der Waals surface area contributed by atoms with Gasteiger partial charge in [-0.25, -0.2) is 4.68 Å². The van der Waals surface area contributed by atoms with Gasteiger partial charge in [0.2, 0.25) is 5.91 Å². The summed E-state index contributed by atoms with van der Waals surface area (Å²) in [4.78, 5) is 24.6. The molecule has 6 nitrogen and oxygen atoms in total. The molecule has 23 heavy (non-hydrogen) atoms. The number of nitrogens with zero attached hydrogens (tertiary/aromatic N) is 3. The van der Waals surface area contributed by atoms with Crippen LogP contribution in [0.1, 0.15) is 69.5 Å². The van der Waals surface area contributed by atoms with E-state index in [1.165, 1.54) is 10.7 Å². The van der Waals surface area contributed by atoms with Gasteiger partial charge in [0.1, 0.15) is 11.6 Å². The highest BCUT2D eigenvalue weighted by atomic mass is 16.2. The van der Waals surface area contributed by atoms with Crippen LogP contribution in [0.4, 0.5) is 0 Å². The summed E-state index contributed by atoms with van der Waals surface area (Å²) in [6.07, 6.45) is 6.50.